The molecule has 21 heavy (non-hydrogen) atoms. The third-order valence-corrected chi connectivity index (χ3v) is 4.59. The number of aryl methyl sites for hydroxylation is 1. The van der Waals surface area contributed by atoms with Crippen LogP contribution in [0.3, 0.4) is 0 Å². The molecule has 0 unspecified atom stereocenters. The second-order valence-corrected chi connectivity index (χ2v) is 6.84. The first-order valence-electron chi connectivity index (χ1n) is 5.88. The molecule has 2 aromatic carbocycles. The first kappa shape index (κ1) is 15.8. The van der Waals surface area contributed by atoms with Gasteiger partial charge in [0.25, 0.3) is 15.3 Å². The first-order chi connectivity index (χ1) is 9.79. The number of carbonyl (C=O) groups is 1. The van der Waals surface area contributed by atoms with Crippen molar-refractivity contribution in [2.75, 3.05) is 4.72 Å². The monoisotopic (exact) mass is 343 g/mol. The minimum atomic E-state index is -3.82. The molecule has 0 atom stereocenters. The van der Waals surface area contributed by atoms with Crippen molar-refractivity contribution in [1.82, 2.24) is 0 Å². The van der Waals surface area contributed by atoms with Gasteiger partial charge in [-0.25, -0.2) is 8.42 Å². The number of carbonyl (C=O) groups excluding carboxylic acids is 1. The summed E-state index contributed by atoms with van der Waals surface area (Å²) in [6.45, 7) is 1.85. The maximum atomic E-state index is 12.3. The number of hydrogen-bond donors (Lipinski definition) is 1. The molecule has 0 aliphatic heterocycles. The molecule has 0 saturated heterocycles. The summed E-state index contributed by atoms with van der Waals surface area (Å²) in [5.41, 5.74) is 1.02. The fourth-order valence-electron chi connectivity index (χ4n) is 1.69. The molecule has 4 nitrogen and oxygen atoms in total. The summed E-state index contributed by atoms with van der Waals surface area (Å²) in [5, 5.41) is -0.480. The molecule has 2 aromatic rings. The van der Waals surface area contributed by atoms with E-state index in [4.69, 9.17) is 23.2 Å². The SMILES string of the molecule is Cc1ccc(S(=O)(=O)Nc2cc(Cl)ccc2C(=O)Cl)cc1. The highest BCUT2D eigenvalue weighted by molar-refractivity contribution is 7.92. The van der Waals surface area contributed by atoms with Crippen molar-refractivity contribution >= 4 is 44.2 Å². The van der Waals surface area contributed by atoms with E-state index in [0.717, 1.165) is 5.56 Å². The van der Waals surface area contributed by atoms with E-state index in [1.165, 1.54) is 30.3 Å². The molecule has 1 N–H and O–H groups in total. The second-order valence-electron chi connectivity index (χ2n) is 4.38. The third-order valence-electron chi connectivity index (χ3n) is 2.77. The van der Waals surface area contributed by atoms with Crippen LogP contribution in [0.15, 0.2) is 47.4 Å². The largest absolute Gasteiger partial charge is 0.279 e. The van der Waals surface area contributed by atoms with Crippen LogP contribution in [0.4, 0.5) is 5.69 Å². The van der Waals surface area contributed by atoms with Gasteiger partial charge in [0.2, 0.25) is 0 Å². The lowest BCUT2D eigenvalue weighted by Gasteiger charge is -2.11. The fraction of sp³-hybridized carbons (Fsp3) is 0.0714. The number of sulfonamides is 1. The lowest BCUT2D eigenvalue weighted by molar-refractivity contribution is 0.108. The van der Waals surface area contributed by atoms with E-state index in [-0.39, 0.29) is 16.1 Å². The Morgan fingerprint density at radius 3 is 2.29 bits per heavy atom. The van der Waals surface area contributed by atoms with Crippen LogP contribution < -0.4 is 4.72 Å². The number of halogens is 2. The van der Waals surface area contributed by atoms with Crippen LogP contribution in [0.25, 0.3) is 0 Å². The highest BCUT2D eigenvalue weighted by Gasteiger charge is 2.18. The van der Waals surface area contributed by atoms with Crippen molar-refractivity contribution in [3.8, 4) is 0 Å². The Morgan fingerprint density at radius 1 is 1.10 bits per heavy atom. The van der Waals surface area contributed by atoms with Gasteiger partial charge in [0, 0.05) is 5.02 Å². The summed E-state index contributed by atoms with van der Waals surface area (Å²) in [5.74, 6) is 0. The maximum absolute atomic E-state index is 12.3. The molecule has 110 valence electrons. The van der Waals surface area contributed by atoms with E-state index >= 15 is 0 Å². The van der Waals surface area contributed by atoms with E-state index < -0.39 is 15.3 Å². The van der Waals surface area contributed by atoms with Gasteiger partial charge in [-0.2, -0.15) is 0 Å². The van der Waals surface area contributed by atoms with Crippen LogP contribution in [0.1, 0.15) is 15.9 Å². The van der Waals surface area contributed by atoms with Crippen LogP contribution in [-0.2, 0) is 10.0 Å². The molecule has 0 radical (unpaired) electrons. The van der Waals surface area contributed by atoms with Crippen molar-refractivity contribution < 1.29 is 13.2 Å². The average Bonchev–Trinajstić information content (AvgIpc) is 2.38. The molecule has 0 bridgehead atoms. The Hall–Kier alpha value is -1.56. The lowest BCUT2D eigenvalue weighted by Crippen LogP contribution is -2.14. The Balaban J connectivity index is 2.43. The van der Waals surface area contributed by atoms with Gasteiger partial charge in [-0.1, -0.05) is 29.3 Å². The minimum absolute atomic E-state index is 0.0387. The molecule has 0 amide bonds. The van der Waals surface area contributed by atoms with Crippen molar-refractivity contribution in [1.29, 1.82) is 0 Å². The standard InChI is InChI=1S/C14H11Cl2NO3S/c1-9-2-5-11(6-3-9)21(19,20)17-13-8-10(15)4-7-12(13)14(16)18/h2-8,17H,1H3. The van der Waals surface area contributed by atoms with E-state index in [1.54, 1.807) is 12.1 Å². The van der Waals surface area contributed by atoms with Crippen LogP contribution in [0, 0.1) is 6.92 Å². The van der Waals surface area contributed by atoms with E-state index in [9.17, 15) is 13.2 Å². The summed E-state index contributed by atoms with van der Waals surface area (Å²) in [6.07, 6.45) is 0. The molecule has 7 heteroatoms. The fourth-order valence-corrected chi connectivity index (χ4v) is 3.10. The summed E-state index contributed by atoms with van der Waals surface area (Å²) in [6, 6.07) is 10.5. The highest BCUT2D eigenvalue weighted by atomic mass is 35.5. The number of rotatable bonds is 4. The summed E-state index contributed by atoms with van der Waals surface area (Å²) in [4.78, 5) is 11.4. The van der Waals surface area contributed by atoms with Crippen molar-refractivity contribution in [2.45, 2.75) is 11.8 Å². The van der Waals surface area contributed by atoms with Crippen molar-refractivity contribution in [3.05, 3.63) is 58.6 Å². The molecule has 0 aromatic heterocycles. The predicted molar refractivity (Wildman–Crippen MR) is 83.6 cm³/mol. The molecular weight excluding hydrogens is 333 g/mol. The van der Waals surface area contributed by atoms with Gasteiger partial charge >= 0.3 is 0 Å². The zero-order chi connectivity index (χ0) is 15.6. The average molecular weight is 344 g/mol. The molecule has 0 saturated carbocycles. The highest BCUT2D eigenvalue weighted by Crippen LogP contribution is 2.25. The molecular formula is C14H11Cl2NO3S. The summed E-state index contributed by atoms with van der Waals surface area (Å²) in [7, 11) is -3.82. The quantitative estimate of drug-likeness (QED) is 0.858. The molecule has 0 aliphatic carbocycles. The topological polar surface area (TPSA) is 63.2 Å². The first-order valence-corrected chi connectivity index (χ1v) is 8.12. The van der Waals surface area contributed by atoms with Gasteiger partial charge in [0.05, 0.1) is 16.1 Å². The smallest absolute Gasteiger partial charge is 0.261 e. The number of hydrogen-bond acceptors (Lipinski definition) is 3. The van der Waals surface area contributed by atoms with E-state index in [1.807, 2.05) is 6.92 Å². The molecule has 0 fully saturated rings. The Kier molecular flexibility index (Phi) is 4.56. The molecule has 0 heterocycles. The van der Waals surface area contributed by atoms with Crippen molar-refractivity contribution in [3.63, 3.8) is 0 Å². The van der Waals surface area contributed by atoms with Crippen LogP contribution >= 0.6 is 23.2 Å². The Morgan fingerprint density at radius 2 is 1.71 bits per heavy atom. The van der Waals surface area contributed by atoms with E-state index in [0.29, 0.717) is 5.02 Å². The van der Waals surface area contributed by atoms with Gasteiger partial charge in [-0.15, -0.1) is 0 Å². The predicted octanol–water partition coefficient (Wildman–Crippen LogP) is 3.83. The van der Waals surface area contributed by atoms with Gasteiger partial charge < -0.3 is 0 Å². The second kappa shape index (κ2) is 6.05. The summed E-state index contributed by atoms with van der Waals surface area (Å²) >= 11 is 11.3. The van der Waals surface area contributed by atoms with Gasteiger partial charge in [-0.05, 0) is 48.9 Å². The van der Waals surface area contributed by atoms with Crippen molar-refractivity contribution in [2.24, 2.45) is 0 Å². The Bertz CT molecular complexity index is 786. The van der Waals surface area contributed by atoms with Crippen LogP contribution in [0.5, 0.6) is 0 Å². The number of anilines is 1. The number of benzene rings is 2. The number of nitrogens with one attached hydrogen (secondary N) is 1. The van der Waals surface area contributed by atoms with Gasteiger partial charge in [0.15, 0.2) is 0 Å². The van der Waals surface area contributed by atoms with Gasteiger partial charge in [0.1, 0.15) is 0 Å². The van der Waals surface area contributed by atoms with E-state index in [2.05, 4.69) is 4.72 Å². The third kappa shape index (κ3) is 3.75. The summed E-state index contributed by atoms with van der Waals surface area (Å²) < 4.78 is 26.9. The molecule has 0 spiro atoms. The maximum Gasteiger partial charge on any atom is 0.261 e. The van der Waals surface area contributed by atoms with Crippen LogP contribution in [0.2, 0.25) is 5.02 Å². The van der Waals surface area contributed by atoms with Gasteiger partial charge in [-0.3, -0.25) is 9.52 Å². The minimum Gasteiger partial charge on any atom is -0.279 e. The zero-order valence-electron chi connectivity index (χ0n) is 10.9. The lowest BCUT2D eigenvalue weighted by atomic mass is 10.2. The normalized spacial score (nSPS) is 11.2. The Labute approximate surface area is 132 Å². The zero-order valence-corrected chi connectivity index (χ0v) is 13.3. The molecule has 2 rings (SSSR count). The molecule has 0 aliphatic rings. The van der Waals surface area contributed by atoms with Crippen LogP contribution in [-0.4, -0.2) is 13.7 Å².